The van der Waals surface area contributed by atoms with E-state index in [1.165, 1.54) is 9.21 Å². The summed E-state index contributed by atoms with van der Waals surface area (Å²) in [7, 11) is -0.597. The SMILES string of the molecule is Cc1ccc(C)c(S(=O)(=O)N2CC(C(=O)N(C)C)Oc3ccccc32)c1. The van der Waals surface area contributed by atoms with Crippen LogP contribution in [0.3, 0.4) is 0 Å². The van der Waals surface area contributed by atoms with Crippen LogP contribution in [0.1, 0.15) is 11.1 Å². The van der Waals surface area contributed by atoms with Gasteiger partial charge in [0, 0.05) is 14.1 Å². The summed E-state index contributed by atoms with van der Waals surface area (Å²) in [6, 6.07) is 12.2. The number of anilines is 1. The first kappa shape index (κ1) is 18.3. The maximum atomic E-state index is 13.4. The van der Waals surface area contributed by atoms with Gasteiger partial charge in [0.05, 0.1) is 17.1 Å². The van der Waals surface area contributed by atoms with E-state index >= 15 is 0 Å². The number of hydrogen-bond donors (Lipinski definition) is 0. The Balaban J connectivity index is 2.12. The number of nitrogens with zero attached hydrogens (tertiary/aromatic N) is 2. The second-order valence-corrected chi connectivity index (χ2v) is 8.44. The van der Waals surface area contributed by atoms with Gasteiger partial charge in [-0.2, -0.15) is 0 Å². The summed E-state index contributed by atoms with van der Waals surface area (Å²) in [5.41, 5.74) is 1.96. The fraction of sp³-hybridized carbons (Fsp3) is 0.316. The number of rotatable bonds is 3. The molecule has 0 aliphatic carbocycles. The summed E-state index contributed by atoms with van der Waals surface area (Å²) in [6.45, 7) is 3.55. The maximum absolute atomic E-state index is 13.4. The molecule has 0 fully saturated rings. The minimum absolute atomic E-state index is 0.0657. The van der Waals surface area contributed by atoms with Crippen LogP contribution in [0, 0.1) is 13.8 Å². The lowest BCUT2D eigenvalue weighted by atomic mass is 10.2. The van der Waals surface area contributed by atoms with Crippen molar-refractivity contribution in [3.8, 4) is 5.75 Å². The Hall–Kier alpha value is -2.54. The van der Waals surface area contributed by atoms with Crippen LogP contribution < -0.4 is 9.04 Å². The van der Waals surface area contributed by atoms with Gasteiger partial charge in [-0.1, -0.05) is 24.3 Å². The first-order valence-electron chi connectivity index (χ1n) is 8.28. The highest BCUT2D eigenvalue weighted by Gasteiger charge is 2.38. The van der Waals surface area contributed by atoms with Crippen molar-refractivity contribution in [2.75, 3.05) is 24.9 Å². The standard InChI is InChI=1S/C19H22N2O4S/c1-13-9-10-14(2)18(11-13)26(23,24)21-12-17(19(22)20(3)4)25-16-8-6-5-7-15(16)21/h5-11,17H,12H2,1-4H3. The van der Waals surface area contributed by atoms with Crippen molar-refractivity contribution in [2.45, 2.75) is 24.8 Å². The Morgan fingerprint density at radius 3 is 2.54 bits per heavy atom. The van der Waals surface area contributed by atoms with Crippen LogP contribution in [0.15, 0.2) is 47.4 Å². The zero-order valence-corrected chi connectivity index (χ0v) is 16.1. The lowest BCUT2D eigenvalue weighted by Gasteiger charge is -2.35. The number of hydrogen-bond acceptors (Lipinski definition) is 4. The van der Waals surface area contributed by atoms with Gasteiger partial charge in [0.2, 0.25) is 0 Å². The second-order valence-electron chi connectivity index (χ2n) is 6.61. The molecule has 1 heterocycles. The Morgan fingerprint density at radius 2 is 1.85 bits per heavy atom. The number of ether oxygens (including phenoxy) is 1. The summed E-state index contributed by atoms with van der Waals surface area (Å²) >= 11 is 0. The third-order valence-electron chi connectivity index (χ3n) is 4.36. The minimum Gasteiger partial charge on any atom is -0.476 e. The first-order valence-corrected chi connectivity index (χ1v) is 9.72. The quantitative estimate of drug-likeness (QED) is 0.827. The van der Waals surface area contributed by atoms with Crippen LogP contribution >= 0.6 is 0 Å². The summed E-state index contributed by atoms with van der Waals surface area (Å²) in [5, 5.41) is 0. The first-order chi connectivity index (χ1) is 12.2. The van der Waals surface area contributed by atoms with Crippen LogP contribution in [-0.4, -0.2) is 46.0 Å². The molecule has 1 aliphatic heterocycles. The van der Waals surface area contributed by atoms with Crippen molar-refractivity contribution in [1.29, 1.82) is 0 Å². The van der Waals surface area contributed by atoms with E-state index in [1.54, 1.807) is 57.4 Å². The predicted molar refractivity (Wildman–Crippen MR) is 100.0 cm³/mol. The van der Waals surface area contributed by atoms with Crippen molar-refractivity contribution in [1.82, 2.24) is 4.90 Å². The van der Waals surface area contributed by atoms with E-state index < -0.39 is 16.1 Å². The Kier molecular flexibility index (Phi) is 4.66. The Morgan fingerprint density at radius 1 is 1.15 bits per heavy atom. The van der Waals surface area contributed by atoms with Crippen LogP contribution in [-0.2, 0) is 14.8 Å². The molecule has 3 rings (SSSR count). The fourth-order valence-electron chi connectivity index (χ4n) is 2.95. The molecule has 0 bridgehead atoms. The van der Waals surface area contributed by atoms with Crippen molar-refractivity contribution in [3.05, 3.63) is 53.6 Å². The third-order valence-corrected chi connectivity index (χ3v) is 6.28. The smallest absolute Gasteiger partial charge is 0.265 e. The number of sulfonamides is 1. The molecule has 0 saturated heterocycles. The number of amides is 1. The van der Waals surface area contributed by atoms with E-state index in [0.717, 1.165) is 5.56 Å². The molecule has 7 heteroatoms. The summed E-state index contributed by atoms with van der Waals surface area (Å²) in [4.78, 5) is 14.1. The molecular formula is C19H22N2O4S. The number of carbonyl (C=O) groups is 1. The summed E-state index contributed by atoms with van der Waals surface area (Å²) in [6.07, 6.45) is -0.889. The molecule has 0 aromatic heterocycles. The lowest BCUT2D eigenvalue weighted by Crippen LogP contribution is -2.50. The largest absolute Gasteiger partial charge is 0.476 e. The van der Waals surface area contributed by atoms with Crippen molar-refractivity contribution < 1.29 is 17.9 Å². The average molecular weight is 374 g/mol. The van der Waals surface area contributed by atoms with Gasteiger partial charge in [-0.3, -0.25) is 9.10 Å². The van der Waals surface area contributed by atoms with Gasteiger partial charge in [0.15, 0.2) is 6.10 Å². The molecule has 0 spiro atoms. The topological polar surface area (TPSA) is 66.9 Å². The fourth-order valence-corrected chi connectivity index (χ4v) is 4.74. The second kappa shape index (κ2) is 6.64. The van der Waals surface area contributed by atoms with Crippen LogP contribution in [0.5, 0.6) is 5.75 Å². The molecular weight excluding hydrogens is 352 g/mol. The molecule has 2 aromatic carbocycles. The number of fused-ring (bicyclic) bond motifs is 1. The Bertz CT molecular complexity index is 954. The predicted octanol–water partition coefficient (Wildman–Crippen LogP) is 2.35. The van der Waals surface area contributed by atoms with Crippen molar-refractivity contribution in [2.24, 2.45) is 0 Å². The normalized spacial score (nSPS) is 16.6. The van der Waals surface area contributed by atoms with E-state index in [-0.39, 0.29) is 17.3 Å². The monoisotopic (exact) mass is 374 g/mol. The van der Waals surface area contributed by atoms with Gasteiger partial charge in [0.25, 0.3) is 15.9 Å². The Labute approximate surface area is 154 Å². The van der Waals surface area contributed by atoms with Crippen LogP contribution in [0.25, 0.3) is 0 Å². The molecule has 1 aliphatic rings. The maximum Gasteiger partial charge on any atom is 0.265 e. The van der Waals surface area contributed by atoms with E-state index in [0.29, 0.717) is 17.0 Å². The van der Waals surface area contributed by atoms with Crippen LogP contribution in [0.2, 0.25) is 0 Å². The zero-order chi connectivity index (χ0) is 19.1. The van der Waals surface area contributed by atoms with E-state index in [9.17, 15) is 13.2 Å². The van der Waals surface area contributed by atoms with Gasteiger partial charge < -0.3 is 9.64 Å². The molecule has 6 nitrogen and oxygen atoms in total. The van der Waals surface area contributed by atoms with E-state index in [4.69, 9.17) is 4.74 Å². The molecule has 0 radical (unpaired) electrons. The number of para-hydroxylation sites is 2. The number of carbonyl (C=O) groups excluding carboxylic acids is 1. The highest BCUT2D eigenvalue weighted by molar-refractivity contribution is 7.93. The molecule has 1 amide bonds. The average Bonchev–Trinajstić information content (AvgIpc) is 2.61. The molecule has 0 saturated carbocycles. The van der Waals surface area contributed by atoms with Gasteiger partial charge in [-0.25, -0.2) is 8.42 Å². The van der Waals surface area contributed by atoms with E-state index in [1.807, 2.05) is 13.0 Å². The minimum atomic E-state index is -3.84. The molecule has 1 atom stereocenters. The number of aryl methyl sites for hydroxylation is 2. The van der Waals surface area contributed by atoms with Gasteiger partial charge in [-0.15, -0.1) is 0 Å². The number of benzene rings is 2. The number of likely N-dealkylation sites (N-methyl/N-ethyl adjacent to an activating group) is 1. The van der Waals surface area contributed by atoms with Crippen LogP contribution in [0.4, 0.5) is 5.69 Å². The molecule has 0 N–H and O–H groups in total. The molecule has 2 aromatic rings. The zero-order valence-electron chi connectivity index (χ0n) is 15.3. The van der Waals surface area contributed by atoms with Gasteiger partial charge >= 0.3 is 0 Å². The van der Waals surface area contributed by atoms with Gasteiger partial charge in [-0.05, 0) is 43.2 Å². The third kappa shape index (κ3) is 3.14. The highest BCUT2D eigenvalue weighted by atomic mass is 32.2. The molecule has 138 valence electrons. The van der Waals surface area contributed by atoms with Gasteiger partial charge in [0.1, 0.15) is 5.75 Å². The highest BCUT2D eigenvalue weighted by Crippen LogP contribution is 2.37. The van der Waals surface area contributed by atoms with E-state index in [2.05, 4.69) is 0 Å². The van der Waals surface area contributed by atoms with Crippen molar-refractivity contribution in [3.63, 3.8) is 0 Å². The molecule has 1 unspecified atom stereocenters. The molecule has 26 heavy (non-hydrogen) atoms. The summed E-state index contributed by atoms with van der Waals surface area (Å²) in [5.74, 6) is 0.105. The lowest BCUT2D eigenvalue weighted by molar-refractivity contribution is -0.135. The van der Waals surface area contributed by atoms with Crippen molar-refractivity contribution >= 4 is 21.6 Å². The summed E-state index contributed by atoms with van der Waals surface area (Å²) < 4.78 is 33.9.